The van der Waals surface area contributed by atoms with Gasteiger partial charge in [0.2, 0.25) is 0 Å². The van der Waals surface area contributed by atoms with Crippen molar-refractivity contribution in [2.24, 2.45) is 0 Å². The molecule has 0 unspecified atom stereocenters. The van der Waals surface area contributed by atoms with Crippen LogP contribution >= 0.6 is 0 Å². The Morgan fingerprint density at radius 1 is 1.05 bits per heavy atom. The van der Waals surface area contributed by atoms with E-state index in [1.165, 1.54) is 0 Å². The molecule has 1 amide bonds. The fourth-order valence-corrected chi connectivity index (χ4v) is 1.98. The third-order valence-electron chi connectivity index (χ3n) is 3.11. The van der Waals surface area contributed by atoms with Gasteiger partial charge in [0.05, 0.1) is 6.42 Å². The van der Waals surface area contributed by atoms with E-state index in [1.54, 1.807) is 31.2 Å². The standard InChI is InChI=1S/C18H17NO3/c1-13(11-14-5-3-2-4-6-14)18(22)19-16-9-7-15(8-10-16)12-17(20)21/h2-11H,12H2,1H3,(H,19,22)(H,20,21)/b13-11+. The number of hydrogen-bond acceptors (Lipinski definition) is 2. The van der Waals surface area contributed by atoms with Crippen molar-refractivity contribution in [2.45, 2.75) is 13.3 Å². The number of aliphatic carboxylic acids is 1. The Kier molecular flexibility index (Phi) is 5.09. The highest BCUT2D eigenvalue weighted by atomic mass is 16.4. The van der Waals surface area contributed by atoms with Gasteiger partial charge in [-0.2, -0.15) is 0 Å². The third-order valence-corrected chi connectivity index (χ3v) is 3.11. The lowest BCUT2D eigenvalue weighted by molar-refractivity contribution is -0.136. The van der Waals surface area contributed by atoms with Crippen LogP contribution in [-0.4, -0.2) is 17.0 Å². The van der Waals surface area contributed by atoms with E-state index in [9.17, 15) is 9.59 Å². The van der Waals surface area contributed by atoms with Gasteiger partial charge in [-0.25, -0.2) is 0 Å². The molecule has 22 heavy (non-hydrogen) atoms. The van der Waals surface area contributed by atoms with Crippen LogP contribution in [0, 0.1) is 0 Å². The maximum absolute atomic E-state index is 12.1. The summed E-state index contributed by atoms with van der Waals surface area (Å²) in [5, 5.41) is 11.5. The summed E-state index contributed by atoms with van der Waals surface area (Å²) in [7, 11) is 0. The van der Waals surface area contributed by atoms with Gasteiger partial charge < -0.3 is 10.4 Å². The molecule has 0 fully saturated rings. The lowest BCUT2D eigenvalue weighted by Crippen LogP contribution is -2.12. The van der Waals surface area contributed by atoms with Crippen LogP contribution in [0.25, 0.3) is 6.08 Å². The minimum Gasteiger partial charge on any atom is -0.481 e. The minimum absolute atomic E-state index is 0.0266. The maximum Gasteiger partial charge on any atom is 0.307 e. The number of hydrogen-bond donors (Lipinski definition) is 2. The van der Waals surface area contributed by atoms with Gasteiger partial charge in [0, 0.05) is 11.3 Å². The molecule has 0 aliphatic heterocycles. The van der Waals surface area contributed by atoms with Crippen LogP contribution in [0.15, 0.2) is 60.2 Å². The van der Waals surface area contributed by atoms with Crippen molar-refractivity contribution in [3.63, 3.8) is 0 Å². The number of carboxylic acids is 1. The Labute approximate surface area is 129 Å². The molecule has 0 bridgehead atoms. The van der Waals surface area contributed by atoms with Crippen molar-refractivity contribution < 1.29 is 14.7 Å². The Balaban J connectivity index is 2.02. The van der Waals surface area contributed by atoms with Crippen LogP contribution < -0.4 is 5.32 Å². The molecule has 4 heteroatoms. The highest BCUT2D eigenvalue weighted by Gasteiger charge is 2.06. The zero-order valence-electron chi connectivity index (χ0n) is 12.2. The second kappa shape index (κ2) is 7.22. The molecule has 112 valence electrons. The van der Waals surface area contributed by atoms with Crippen molar-refractivity contribution in [1.29, 1.82) is 0 Å². The van der Waals surface area contributed by atoms with Crippen LogP contribution in [-0.2, 0) is 16.0 Å². The number of anilines is 1. The van der Waals surface area contributed by atoms with Crippen molar-refractivity contribution >= 4 is 23.6 Å². The topological polar surface area (TPSA) is 66.4 Å². The Morgan fingerprint density at radius 2 is 1.68 bits per heavy atom. The zero-order chi connectivity index (χ0) is 15.9. The molecule has 0 saturated carbocycles. The molecule has 2 aromatic carbocycles. The number of benzene rings is 2. The van der Waals surface area contributed by atoms with Crippen molar-refractivity contribution in [3.05, 3.63) is 71.3 Å². The van der Waals surface area contributed by atoms with E-state index < -0.39 is 5.97 Å². The number of amides is 1. The fraction of sp³-hybridized carbons (Fsp3) is 0.111. The van der Waals surface area contributed by atoms with Gasteiger partial charge in [-0.15, -0.1) is 0 Å². The molecule has 0 spiro atoms. The molecule has 0 aromatic heterocycles. The summed E-state index contributed by atoms with van der Waals surface area (Å²) < 4.78 is 0. The monoisotopic (exact) mass is 295 g/mol. The summed E-state index contributed by atoms with van der Waals surface area (Å²) in [6, 6.07) is 16.4. The molecular formula is C18H17NO3. The normalized spacial score (nSPS) is 11.0. The number of carbonyl (C=O) groups is 2. The van der Waals surface area contributed by atoms with E-state index in [1.807, 2.05) is 36.4 Å². The van der Waals surface area contributed by atoms with E-state index in [4.69, 9.17) is 5.11 Å². The van der Waals surface area contributed by atoms with Crippen LogP contribution in [0.5, 0.6) is 0 Å². The summed E-state index contributed by atoms with van der Waals surface area (Å²) in [6.07, 6.45) is 1.79. The molecule has 2 aromatic rings. The second-order valence-corrected chi connectivity index (χ2v) is 4.96. The lowest BCUT2D eigenvalue weighted by Gasteiger charge is -2.06. The first-order valence-corrected chi connectivity index (χ1v) is 6.90. The molecule has 0 radical (unpaired) electrons. The van der Waals surface area contributed by atoms with Crippen molar-refractivity contribution in [1.82, 2.24) is 0 Å². The summed E-state index contributed by atoms with van der Waals surface area (Å²) in [5.41, 5.74) is 2.90. The molecular weight excluding hydrogens is 278 g/mol. The van der Waals surface area contributed by atoms with E-state index >= 15 is 0 Å². The first-order chi connectivity index (χ1) is 10.5. The van der Waals surface area contributed by atoms with Gasteiger partial charge in [-0.1, -0.05) is 42.5 Å². The predicted molar refractivity (Wildman–Crippen MR) is 86.5 cm³/mol. The molecule has 0 aliphatic carbocycles. The average molecular weight is 295 g/mol. The van der Waals surface area contributed by atoms with Gasteiger partial charge in [0.15, 0.2) is 0 Å². The molecule has 0 atom stereocenters. The smallest absolute Gasteiger partial charge is 0.307 e. The summed E-state index contributed by atoms with van der Waals surface area (Å²) in [6.45, 7) is 1.75. The molecule has 0 aliphatic rings. The van der Waals surface area contributed by atoms with Crippen molar-refractivity contribution in [2.75, 3.05) is 5.32 Å². The zero-order valence-corrected chi connectivity index (χ0v) is 12.2. The van der Waals surface area contributed by atoms with Crippen LogP contribution in [0.2, 0.25) is 0 Å². The van der Waals surface area contributed by atoms with Gasteiger partial charge >= 0.3 is 5.97 Å². The molecule has 0 saturated heterocycles. The van der Waals surface area contributed by atoms with E-state index in [2.05, 4.69) is 5.32 Å². The fourth-order valence-electron chi connectivity index (χ4n) is 1.98. The number of nitrogens with one attached hydrogen (secondary N) is 1. The second-order valence-electron chi connectivity index (χ2n) is 4.96. The van der Waals surface area contributed by atoms with Gasteiger partial charge in [-0.05, 0) is 36.3 Å². The quantitative estimate of drug-likeness (QED) is 0.831. The molecule has 0 heterocycles. The summed E-state index contributed by atoms with van der Waals surface area (Å²) >= 11 is 0. The Morgan fingerprint density at radius 3 is 2.27 bits per heavy atom. The first-order valence-electron chi connectivity index (χ1n) is 6.90. The number of rotatable bonds is 5. The predicted octanol–water partition coefficient (Wildman–Crippen LogP) is 3.36. The Hall–Kier alpha value is -2.88. The van der Waals surface area contributed by atoms with Crippen molar-refractivity contribution in [3.8, 4) is 0 Å². The van der Waals surface area contributed by atoms with Crippen LogP contribution in [0.3, 0.4) is 0 Å². The van der Waals surface area contributed by atoms with E-state index in [-0.39, 0.29) is 12.3 Å². The average Bonchev–Trinajstić information content (AvgIpc) is 2.49. The SMILES string of the molecule is C/C(=C\c1ccccc1)C(=O)Nc1ccc(CC(=O)O)cc1. The number of carbonyl (C=O) groups excluding carboxylic acids is 1. The lowest BCUT2D eigenvalue weighted by atomic mass is 10.1. The van der Waals surface area contributed by atoms with Gasteiger partial charge in [-0.3, -0.25) is 9.59 Å². The highest BCUT2D eigenvalue weighted by Crippen LogP contribution is 2.13. The molecule has 2 N–H and O–H groups in total. The van der Waals surface area contributed by atoms with Gasteiger partial charge in [0.1, 0.15) is 0 Å². The molecule has 4 nitrogen and oxygen atoms in total. The van der Waals surface area contributed by atoms with Crippen LogP contribution in [0.1, 0.15) is 18.1 Å². The van der Waals surface area contributed by atoms with Crippen LogP contribution in [0.4, 0.5) is 5.69 Å². The molecule has 2 rings (SSSR count). The third kappa shape index (κ3) is 4.59. The van der Waals surface area contributed by atoms with E-state index in [0.29, 0.717) is 16.8 Å². The highest BCUT2D eigenvalue weighted by molar-refractivity contribution is 6.06. The summed E-state index contributed by atoms with van der Waals surface area (Å²) in [5.74, 6) is -1.06. The largest absolute Gasteiger partial charge is 0.481 e. The first kappa shape index (κ1) is 15.5. The maximum atomic E-state index is 12.1. The minimum atomic E-state index is -0.876. The van der Waals surface area contributed by atoms with Gasteiger partial charge in [0.25, 0.3) is 5.91 Å². The number of carboxylic acid groups (broad SMARTS) is 1. The van der Waals surface area contributed by atoms with E-state index in [0.717, 1.165) is 5.56 Å². The summed E-state index contributed by atoms with van der Waals surface area (Å²) in [4.78, 5) is 22.7. The Bertz CT molecular complexity index is 688.